The second-order valence-electron chi connectivity index (χ2n) is 10.2. The molecular weight excluding hydrogens is 510 g/mol. The summed E-state index contributed by atoms with van der Waals surface area (Å²) in [4.78, 5) is 0.546. The third kappa shape index (κ3) is 4.20. The Labute approximate surface area is 235 Å². The molecule has 0 amide bonds. The molecule has 2 aliphatic rings. The predicted octanol–water partition coefficient (Wildman–Crippen LogP) is 8.27. The van der Waals surface area contributed by atoms with E-state index in [2.05, 4.69) is 52.8 Å². The molecule has 0 unspecified atom stereocenters. The van der Waals surface area contributed by atoms with E-state index in [-0.39, 0.29) is 9.79 Å². The molecule has 4 aromatic carbocycles. The van der Waals surface area contributed by atoms with Gasteiger partial charge in [-0.15, -0.1) is 0 Å². The number of rotatable bonds is 5. The smallest absolute Gasteiger partial charge is 0.206 e. The quantitative estimate of drug-likeness (QED) is 0.212. The molecule has 0 bridgehead atoms. The molecule has 0 fully saturated rings. The average molecular weight is 538 g/mol. The van der Waals surface area contributed by atoms with Gasteiger partial charge < -0.3 is 4.57 Å². The van der Waals surface area contributed by atoms with Crippen LogP contribution >= 0.6 is 0 Å². The molecule has 7 rings (SSSR count). The first-order chi connectivity index (χ1) is 19.6. The summed E-state index contributed by atoms with van der Waals surface area (Å²) in [7, 11) is -3.83. The van der Waals surface area contributed by atoms with E-state index in [0.717, 1.165) is 64.8 Å². The lowest BCUT2D eigenvalue weighted by atomic mass is 9.97. The lowest BCUT2D eigenvalue weighted by molar-refractivity contribution is 0.596. The van der Waals surface area contributed by atoms with Crippen LogP contribution in [0, 0.1) is 11.8 Å². The number of hydrogen-bond donors (Lipinski definition) is 0. The van der Waals surface area contributed by atoms with E-state index in [4.69, 9.17) is 0 Å². The molecule has 194 valence electrons. The molecule has 1 heterocycles. The molecule has 0 saturated carbocycles. The highest BCUT2D eigenvalue weighted by atomic mass is 32.2. The van der Waals surface area contributed by atoms with Crippen molar-refractivity contribution in [3.05, 3.63) is 126 Å². The topological polar surface area (TPSA) is 39.1 Å². The van der Waals surface area contributed by atoms with Crippen LogP contribution in [-0.2, 0) is 16.3 Å². The number of benzene rings is 4. The van der Waals surface area contributed by atoms with E-state index in [0.29, 0.717) is 0 Å². The maximum absolute atomic E-state index is 14.2. The van der Waals surface area contributed by atoms with Crippen LogP contribution in [0.4, 0.5) is 0 Å². The zero-order valence-electron chi connectivity index (χ0n) is 22.0. The van der Waals surface area contributed by atoms with E-state index in [1.807, 2.05) is 54.6 Å². The number of fused-ring (bicyclic) bond motifs is 3. The van der Waals surface area contributed by atoms with E-state index >= 15 is 0 Å². The number of hydrogen-bond acceptors (Lipinski definition) is 2. The second-order valence-corrected chi connectivity index (χ2v) is 12.2. The van der Waals surface area contributed by atoms with Gasteiger partial charge in [-0.25, -0.2) is 8.42 Å². The minimum atomic E-state index is -3.83. The van der Waals surface area contributed by atoms with Crippen LogP contribution in [0.1, 0.15) is 36.1 Å². The van der Waals surface area contributed by atoms with Crippen molar-refractivity contribution >= 4 is 32.4 Å². The van der Waals surface area contributed by atoms with Gasteiger partial charge >= 0.3 is 0 Å². The normalized spacial score (nSPS) is 14.3. The molecule has 0 saturated heterocycles. The predicted molar refractivity (Wildman–Crippen MR) is 163 cm³/mol. The van der Waals surface area contributed by atoms with Crippen molar-refractivity contribution in [2.45, 2.75) is 35.5 Å². The van der Waals surface area contributed by atoms with Gasteiger partial charge in [0, 0.05) is 28.8 Å². The van der Waals surface area contributed by atoms with Gasteiger partial charge in [0.25, 0.3) is 0 Å². The van der Waals surface area contributed by atoms with Crippen LogP contribution in [0.3, 0.4) is 0 Å². The van der Waals surface area contributed by atoms with Crippen LogP contribution in [0.15, 0.2) is 119 Å². The molecule has 0 atom stereocenters. The Hall–Kier alpha value is -4.59. The highest BCUT2D eigenvalue weighted by Crippen LogP contribution is 2.36. The third-order valence-electron chi connectivity index (χ3n) is 7.72. The molecule has 2 aliphatic carbocycles. The van der Waals surface area contributed by atoms with E-state index in [1.54, 1.807) is 24.3 Å². The van der Waals surface area contributed by atoms with E-state index < -0.39 is 9.84 Å². The minimum Gasteiger partial charge on any atom is -0.310 e. The van der Waals surface area contributed by atoms with Gasteiger partial charge in [0.2, 0.25) is 9.84 Å². The van der Waals surface area contributed by atoms with Gasteiger partial charge in [-0.1, -0.05) is 78.6 Å². The third-order valence-corrected chi connectivity index (χ3v) is 9.45. The number of aryl methyl sites for hydroxylation is 1. The lowest BCUT2D eigenvalue weighted by Crippen LogP contribution is -2.06. The van der Waals surface area contributed by atoms with E-state index in [1.165, 1.54) is 10.9 Å². The Morgan fingerprint density at radius 3 is 2.40 bits per heavy atom. The Bertz CT molecular complexity index is 2020. The Morgan fingerprint density at radius 1 is 0.725 bits per heavy atom. The summed E-state index contributed by atoms with van der Waals surface area (Å²) in [5, 5.41) is 1.22. The first kappa shape index (κ1) is 24.5. The van der Waals surface area contributed by atoms with Crippen molar-refractivity contribution in [3.8, 4) is 28.7 Å². The summed E-state index contributed by atoms with van der Waals surface area (Å²) in [6, 6.07) is 31.2. The zero-order valence-corrected chi connectivity index (χ0v) is 22.8. The maximum Gasteiger partial charge on any atom is 0.206 e. The highest BCUT2D eigenvalue weighted by Gasteiger charge is 2.23. The van der Waals surface area contributed by atoms with Gasteiger partial charge in [0.05, 0.1) is 15.3 Å². The average Bonchev–Trinajstić information content (AvgIpc) is 3.36. The Balaban J connectivity index is 1.39. The minimum absolute atomic E-state index is 0.272. The zero-order chi connectivity index (χ0) is 27.1. The molecule has 40 heavy (non-hydrogen) atoms. The molecule has 0 aliphatic heterocycles. The van der Waals surface area contributed by atoms with E-state index in [9.17, 15) is 8.42 Å². The van der Waals surface area contributed by atoms with Crippen molar-refractivity contribution in [1.29, 1.82) is 0 Å². The first-order valence-electron chi connectivity index (χ1n) is 13.6. The Morgan fingerprint density at radius 2 is 1.55 bits per heavy atom. The molecule has 1 aromatic heterocycles. The molecule has 4 heteroatoms. The number of allylic oxidation sites excluding steroid dienone is 3. The number of nitrogens with zero attached hydrogens (tertiary/aromatic N) is 1. The summed E-state index contributed by atoms with van der Waals surface area (Å²) < 4.78 is 30.7. The fraction of sp³-hybridized carbons (Fsp3) is 0.111. The first-order valence-corrected chi connectivity index (χ1v) is 15.1. The van der Waals surface area contributed by atoms with Crippen molar-refractivity contribution in [2.75, 3.05) is 0 Å². The van der Waals surface area contributed by atoms with Gasteiger partial charge in [-0.2, -0.15) is 0 Å². The molecule has 0 radical (unpaired) electrons. The lowest BCUT2D eigenvalue weighted by Gasteiger charge is -2.15. The van der Waals surface area contributed by atoms with Crippen LogP contribution in [0.5, 0.6) is 0 Å². The van der Waals surface area contributed by atoms with Gasteiger partial charge in [-0.05, 0) is 90.1 Å². The van der Waals surface area contributed by atoms with Crippen molar-refractivity contribution in [2.24, 2.45) is 0 Å². The molecule has 0 spiro atoms. The highest BCUT2D eigenvalue weighted by molar-refractivity contribution is 7.91. The van der Waals surface area contributed by atoms with Crippen molar-refractivity contribution in [3.63, 3.8) is 0 Å². The van der Waals surface area contributed by atoms with Gasteiger partial charge in [0.1, 0.15) is 0 Å². The maximum atomic E-state index is 14.2. The summed E-state index contributed by atoms with van der Waals surface area (Å²) in [6.07, 6.45) is 10.1. The van der Waals surface area contributed by atoms with Crippen LogP contribution < -0.4 is 0 Å². The molecule has 5 aromatic rings. The Kier molecular flexibility index (Phi) is 6.03. The standard InChI is InChI=1S/C36H27NO2S/c38-40(39,32-23-28(26-12-3-1-4-13-26)22-29(24-32)27-14-5-2-6-15-27)31-17-11-16-30(25-31)37-35-20-9-7-18-33(35)34-19-8-10-21-36(34)37/h1,3-4,7,9-14,16-18,20-25H,2,5,8,19H2. The SMILES string of the molecule is O=S(=O)(c1cc(C2=CCCC#C2)cc(-c2ccccc2)c1)c1cccc(-n2c3c(c4ccccc42)CCC=C3)c1. The van der Waals surface area contributed by atoms with Crippen molar-refractivity contribution in [1.82, 2.24) is 4.57 Å². The van der Waals surface area contributed by atoms with Gasteiger partial charge in [-0.3, -0.25) is 0 Å². The van der Waals surface area contributed by atoms with Crippen LogP contribution in [-0.4, -0.2) is 13.0 Å². The largest absolute Gasteiger partial charge is 0.310 e. The van der Waals surface area contributed by atoms with Crippen molar-refractivity contribution < 1.29 is 8.42 Å². The van der Waals surface area contributed by atoms with Crippen LogP contribution in [0.2, 0.25) is 0 Å². The fourth-order valence-electron chi connectivity index (χ4n) is 5.79. The number of aromatic nitrogens is 1. The number of sulfone groups is 1. The van der Waals surface area contributed by atoms with Crippen LogP contribution in [0.25, 0.3) is 39.4 Å². The summed E-state index contributed by atoms with van der Waals surface area (Å²) in [5.74, 6) is 6.38. The molecule has 0 N–H and O–H groups in total. The number of para-hydroxylation sites is 1. The molecular formula is C36H27NO2S. The fourth-order valence-corrected chi connectivity index (χ4v) is 7.16. The summed E-state index contributed by atoms with van der Waals surface area (Å²) in [5.41, 5.74) is 7.90. The van der Waals surface area contributed by atoms with Gasteiger partial charge in [0.15, 0.2) is 0 Å². The summed E-state index contributed by atoms with van der Waals surface area (Å²) >= 11 is 0. The monoisotopic (exact) mass is 537 g/mol. The summed E-state index contributed by atoms with van der Waals surface area (Å²) in [6.45, 7) is 0. The molecule has 3 nitrogen and oxygen atoms in total. The second kappa shape index (κ2) is 9.86.